The molecular formula is C27H30Cl2F4N2O7S. The maximum atomic E-state index is 14.9. The van der Waals surface area contributed by atoms with Crippen molar-refractivity contribution in [3.63, 3.8) is 0 Å². The Bertz CT molecular complexity index is 1420. The molecule has 2 fully saturated rings. The fourth-order valence-corrected chi connectivity index (χ4v) is 5.64. The third kappa shape index (κ3) is 10.5. The van der Waals surface area contributed by atoms with Crippen molar-refractivity contribution in [2.24, 2.45) is 0 Å². The van der Waals surface area contributed by atoms with E-state index in [1.165, 1.54) is 12.1 Å². The molecule has 1 aliphatic heterocycles. The minimum Gasteiger partial charge on any atom is -0.489 e. The zero-order valence-corrected chi connectivity index (χ0v) is 25.4. The molecule has 4 rings (SSSR count). The van der Waals surface area contributed by atoms with Gasteiger partial charge in [-0.1, -0.05) is 23.2 Å². The number of nitrogens with zero attached hydrogens (tertiary/aromatic N) is 1. The largest absolute Gasteiger partial charge is 0.490 e. The van der Waals surface area contributed by atoms with Crippen molar-refractivity contribution < 1.29 is 50.1 Å². The Balaban J connectivity index is 0.000000646. The Kier molecular flexibility index (Phi) is 11.7. The van der Waals surface area contributed by atoms with E-state index >= 15 is 0 Å². The first kappa shape index (κ1) is 34.8. The summed E-state index contributed by atoms with van der Waals surface area (Å²) in [6.07, 6.45) is -0.982. The van der Waals surface area contributed by atoms with Crippen LogP contribution < -0.4 is 9.46 Å². The molecule has 1 amide bonds. The van der Waals surface area contributed by atoms with Crippen molar-refractivity contribution in [1.82, 2.24) is 9.62 Å². The zero-order valence-electron chi connectivity index (χ0n) is 23.1. The fourth-order valence-electron chi connectivity index (χ4n) is 4.65. The molecule has 1 heterocycles. The number of hydrogen-bond donors (Lipinski definition) is 2. The van der Waals surface area contributed by atoms with Crippen molar-refractivity contribution in [2.75, 3.05) is 33.1 Å². The van der Waals surface area contributed by atoms with Crippen LogP contribution in [0.25, 0.3) is 0 Å². The second-order valence-electron chi connectivity index (χ2n) is 10.2. The topological polar surface area (TPSA) is 122 Å². The Labute approximate surface area is 256 Å². The molecular weight excluding hydrogens is 643 g/mol. The lowest BCUT2D eigenvalue weighted by Crippen LogP contribution is -2.44. The number of piperidine rings is 1. The van der Waals surface area contributed by atoms with Gasteiger partial charge in [-0.3, -0.25) is 9.69 Å². The fraction of sp³-hybridized carbons (Fsp3) is 0.481. The number of rotatable bonds is 9. The lowest BCUT2D eigenvalue weighted by atomic mass is 10.0. The maximum Gasteiger partial charge on any atom is 0.490 e. The summed E-state index contributed by atoms with van der Waals surface area (Å²) in [7, 11) is -2.17. The number of amides is 1. The lowest BCUT2D eigenvalue weighted by Gasteiger charge is -2.38. The molecule has 2 aromatic rings. The van der Waals surface area contributed by atoms with Gasteiger partial charge in [0, 0.05) is 29.8 Å². The van der Waals surface area contributed by atoms with E-state index in [9.17, 15) is 30.8 Å². The van der Waals surface area contributed by atoms with Crippen LogP contribution in [0.5, 0.6) is 5.75 Å². The van der Waals surface area contributed by atoms with Crippen LogP contribution in [0.4, 0.5) is 17.6 Å². The first-order chi connectivity index (χ1) is 20.0. The van der Waals surface area contributed by atoms with Crippen LogP contribution >= 0.6 is 23.2 Å². The van der Waals surface area contributed by atoms with Gasteiger partial charge in [0.15, 0.2) is 0 Å². The smallest absolute Gasteiger partial charge is 0.489 e. The van der Waals surface area contributed by atoms with Crippen molar-refractivity contribution in [3.8, 4) is 5.75 Å². The highest BCUT2D eigenvalue weighted by molar-refractivity contribution is 7.89. The number of carboxylic acid groups (broad SMARTS) is 1. The normalized spacial score (nSPS) is 18.3. The van der Waals surface area contributed by atoms with Crippen LogP contribution in [0.2, 0.25) is 10.0 Å². The second kappa shape index (κ2) is 14.4. The predicted molar refractivity (Wildman–Crippen MR) is 151 cm³/mol. The number of likely N-dealkylation sites (tertiary alicyclic amines) is 1. The summed E-state index contributed by atoms with van der Waals surface area (Å²) in [6.45, 7) is 1.85. The molecule has 1 saturated carbocycles. The van der Waals surface area contributed by atoms with Crippen molar-refractivity contribution in [1.29, 1.82) is 0 Å². The minimum atomic E-state index is -5.08. The Hall–Kier alpha value is -2.65. The van der Waals surface area contributed by atoms with Gasteiger partial charge in [-0.15, -0.1) is 0 Å². The SMILES string of the molecule is COC[C@H](c1cc(Cl)cc(Cl)c1)N1CCC[C@@H](Oc2cc(F)c(C(=O)NS(C)(=O)=O)cc2C2CC2)C1.O=C(O)C(F)(F)F. The molecule has 9 nitrogen and oxygen atoms in total. The number of ether oxygens (including phenoxy) is 2. The predicted octanol–water partition coefficient (Wildman–Crippen LogP) is 5.56. The summed E-state index contributed by atoms with van der Waals surface area (Å²) in [6, 6.07) is 7.98. The standard InChI is InChI=1S/C25H29Cl2FN2O5S.C2HF3O2/c1-34-14-23(16-8-17(26)10-18(27)9-16)30-7-3-4-19(13-30)35-24-12-22(28)21(11-20(24)15-5-6-15)25(31)29-36(2,32)33;3-2(4,5)1(6)7/h8-12,15,19,23H,3-7,13-14H2,1-2H3,(H,29,31);(H,6,7)/t19-,23-;/m1./s1. The summed E-state index contributed by atoms with van der Waals surface area (Å²) in [5, 5.41) is 8.22. The van der Waals surface area contributed by atoms with Gasteiger partial charge >= 0.3 is 12.1 Å². The van der Waals surface area contributed by atoms with E-state index in [0.717, 1.165) is 49.6 Å². The average Bonchev–Trinajstić information content (AvgIpc) is 3.71. The summed E-state index contributed by atoms with van der Waals surface area (Å²) >= 11 is 12.5. The summed E-state index contributed by atoms with van der Waals surface area (Å²) in [4.78, 5) is 23.5. The Morgan fingerprint density at radius 3 is 2.23 bits per heavy atom. The third-order valence-electron chi connectivity index (χ3n) is 6.62. The summed E-state index contributed by atoms with van der Waals surface area (Å²) in [5.74, 6) is -4.02. The van der Waals surface area contributed by atoms with Crippen LogP contribution in [0, 0.1) is 5.82 Å². The van der Waals surface area contributed by atoms with E-state index in [2.05, 4.69) is 4.90 Å². The maximum absolute atomic E-state index is 14.9. The number of carbonyl (C=O) groups is 2. The summed E-state index contributed by atoms with van der Waals surface area (Å²) in [5.41, 5.74) is 1.36. The first-order valence-corrected chi connectivity index (χ1v) is 15.6. The lowest BCUT2D eigenvalue weighted by molar-refractivity contribution is -0.192. The molecule has 0 spiro atoms. The number of halogens is 6. The van der Waals surface area contributed by atoms with Crippen LogP contribution in [0.15, 0.2) is 30.3 Å². The van der Waals surface area contributed by atoms with Crippen LogP contribution in [-0.2, 0) is 19.6 Å². The zero-order chi connectivity index (χ0) is 32.1. The highest BCUT2D eigenvalue weighted by Gasteiger charge is 2.38. The van der Waals surface area contributed by atoms with Gasteiger partial charge < -0.3 is 14.6 Å². The van der Waals surface area contributed by atoms with Gasteiger partial charge in [-0.2, -0.15) is 13.2 Å². The number of carboxylic acids is 1. The molecule has 2 aromatic carbocycles. The first-order valence-electron chi connectivity index (χ1n) is 13.0. The molecule has 2 aliphatic rings. The third-order valence-corrected chi connectivity index (χ3v) is 7.61. The van der Waals surface area contributed by atoms with E-state index in [-0.39, 0.29) is 23.6 Å². The number of carbonyl (C=O) groups excluding carboxylic acids is 1. The van der Waals surface area contributed by atoms with E-state index < -0.39 is 33.9 Å². The number of nitrogens with one attached hydrogen (secondary N) is 1. The number of benzene rings is 2. The van der Waals surface area contributed by atoms with E-state index in [1.54, 1.807) is 13.2 Å². The van der Waals surface area contributed by atoms with Crippen LogP contribution in [0.3, 0.4) is 0 Å². The summed E-state index contributed by atoms with van der Waals surface area (Å²) < 4.78 is 83.2. The Morgan fingerprint density at radius 2 is 1.72 bits per heavy atom. The molecule has 0 bridgehead atoms. The van der Waals surface area contributed by atoms with Crippen LogP contribution in [0.1, 0.15) is 59.1 Å². The van der Waals surface area contributed by atoms with Gasteiger partial charge in [-0.05, 0) is 73.5 Å². The van der Waals surface area contributed by atoms with E-state index in [4.69, 9.17) is 42.6 Å². The van der Waals surface area contributed by atoms with Gasteiger partial charge in [0.05, 0.1) is 24.5 Å². The minimum absolute atomic E-state index is 0.0840. The second-order valence-corrected chi connectivity index (χ2v) is 12.8. The molecule has 2 atom stereocenters. The van der Waals surface area contributed by atoms with Gasteiger partial charge in [-0.25, -0.2) is 22.3 Å². The van der Waals surface area contributed by atoms with Gasteiger partial charge in [0.25, 0.3) is 5.91 Å². The highest BCUT2D eigenvalue weighted by atomic mass is 35.5. The number of methoxy groups -OCH3 is 1. The monoisotopic (exact) mass is 672 g/mol. The van der Waals surface area contributed by atoms with Crippen molar-refractivity contribution in [3.05, 3.63) is 62.9 Å². The van der Waals surface area contributed by atoms with Gasteiger partial charge in [0.2, 0.25) is 10.0 Å². The molecule has 0 aromatic heterocycles. The molecule has 0 unspecified atom stereocenters. The van der Waals surface area contributed by atoms with Crippen molar-refractivity contribution in [2.45, 2.75) is 49.9 Å². The molecule has 1 aliphatic carbocycles. The van der Waals surface area contributed by atoms with Gasteiger partial charge in [0.1, 0.15) is 17.7 Å². The average molecular weight is 674 g/mol. The number of alkyl halides is 3. The molecule has 2 N–H and O–H groups in total. The molecule has 0 radical (unpaired) electrons. The van der Waals surface area contributed by atoms with E-state index in [0.29, 0.717) is 28.9 Å². The molecule has 16 heteroatoms. The Morgan fingerprint density at radius 1 is 1.12 bits per heavy atom. The van der Waals surface area contributed by atoms with Crippen molar-refractivity contribution >= 4 is 45.1 Å². The number of sulfonamides is 1. The van der Waals surface area contributed by atoms with Crippen LogP contribution in [-0.4, -0.2) is 75.6 Å². The number of hydrogen-bond acceptors (Lipinski definition) is 7. The number of aliphatic carboxylic acids is 1. The highest BCUT2D eigenvalue weighted by Crippen LogP contribution is 2.45. The molecule has 238 valence electrons. The molecule has 43 heavy (non-hydrogen) atoms. The van der Waals surface area contributed by atoms with E-state index in [1.807, 2.05) is 16.9 Å². The quantitative estimate of drug-likeness (QED) is 0.332. The molecule has 1 saturated heterocycles.